The lowest BCUT2D eigenvalue weighted by Crippen LogP contribution is -2.12. The van der Waals surface area contributed by atoms with Crippen LogP contribution in [0.5, 0.6) is 0 Å². The number of aliphatic hydroxyl groups is 1. The number of fused-ring (bicyclic) bond motifs is 3. The zero-order valence-electron chi connectivity index (χ0n) is 10.00. The minimum absolute atomic E-state index is 0.0506. The Bertz CT molecular complexity index is 601. The van der Waals surface area contributed by atoms with Crippen LogP contribution in [-0.2, 0) is 5.41 Å². The smallest absolute Gasteiger partial charge is 0.0801 e. The van der Waals surface area contributed by atoms with E-state index in [1.165, 1.54) is 16.3 Å². The second-order valence-corrected chi connectivity index (χ2v) is 6.33. The molecule has 1 aliphatic rings. The lowest BCUT2D eigenvalue weighted by Gasteiger charge is -2.21. The normalized spacial score (nSPS) is 21.8. The zero-order valence-corrected chi connectivity index (χ0v) is 11.6. The van der Waals surface area contributed by atoms with Crippen molar-refractivity contribution in [1.82, 2.24) is 0 Å². The summed E-state index contributed by atoms with van der Waals surface area (Å²) in [5.41, 5.74) is 2.44. The van der Waals surface area contributed by atoms with Gasteiger partial charge in [0.25, 0.3) is 0 Å². The Morgan fingerprint density at radius 2 is 1.88 bits per heavy atom. The van der Waals surface area contributed by atoms with Gasteiger partial charge >= 0.3 is 0 Å². The highest BCUT2D eigenvalue weighted by atomic mass is 79.9. The Labute approximate surface area is 110 Å². The van der Waals surface area contributed by atoms with Crippen molar-refractivity contribution in [3.63, 3.8) is 0 Å². The minimum Gasteiger partial charge on any atom is -0.388 e. The van der Waals surface area contributed by atoms with Gasteiger partial charge in [0.2, 0.25) is 0 Å². The van der Waals surface area contributed by atoms with Gasteiger partial charge in [0, 0.05) is 4.47 Å². The molecule has 0 aliphatic heterocycles. The van der Waals surface area contributed by atoms with Crippen molar-refractivity contribution in [1.29, 1.82) is 0 Å². The Balaban J connectivity index is 2.47. The van der Waals surface area contributed by atoms with E-state index in [1.807, 2.05) is 0 Å². The molecule has 1 N–H and O–H groups in total. The third kappa shape index (κ3) is 1.54. The Morgan fingerprint density at radius 1 is 1.24 bits per heavy atom. The van der Waals surface area contributed by atoms with Gasteiger partial charge in [-0.3, -0.25) is 0 Å². The topological polar surface area (TPSA) is 20.2 Å². The van der Waals surface area contributed by atoms with Gasteiger partial charge in [-0.25, -0.2) is 0 Å². The predicted molar refractivity (Wildman–Crippen MR) is 74.3 cm³/mol. The fourth-order valence-corrected chi connectivity index (χ4v) is 3.66. The summed E-state index contributed by atoms with van der Waals surface area (Å²) in [5.74, 6) is 0. The van der Waals surface area contributed by atoms with Gasteiger partial charge in [-0.1, -0.05) is 54.0 Å². The minimum atomic E-state index is -0.332. The van der Waals surface area contributed by atoms with Crippen LogP contribution >= 0.6 is 15.9 Å². The number of rotatable bonds is 0. The van der Waals surface area contributed by atoms with Gasteiger partial charge in [0.05, 0.1) is 6.10 Å². The molecule has 0 aromatic heterocycles. The molecule has 1 nitrogen and oxygen atoms in total. The predicted octanol–water partition coefficient (Wildman–Crippen LogP) is 4.32. The molecule has 2 heteroatoms. The largest absolute Gasteiger partial charge is 0.388 e. The maximum atomic E-state index is 10.2. The van der Waals surface area contributed by atoms with E-state index in [-0.39, 0.29) is 11.5 Å². The van der Waals surface area contributed by atoms with E-state index in [1.54, 1.807) is 0 Å². The molecular formula is C15H15BrO. The van der Waals surface area contributed by atoms with Crippen molar-refractivity contribution in [2.45, 2.75) is 31.8 Å². The Hall–Kier alpha value is -0.860. The molecule has 17 heavy (non-hydrogen) atoms. The molecule has 0 saturated heterocycles. The highest BCUT2D eigenvalue weighted by molar-refractivity contribution is 9.10. The van der Waals surface area contributed by atoms with Crippen molar-refractivity contribution in [2.24, 2.45) is 0 Å². The second-order valence-electron chi connectivity index (χ2n) is 5.47. The van der Waals surface area contributed by atoms with Crippen LogP contribution in [0.1, 0.15) is 37.5 Å². The Kier molecular flexibility index (Phi) is 2.36. The van der Waals surface area contributed by atoms with Crippen LogP contribution in [0.25, 0.3) is 10.8 Å². The van der Waals surface area contributed by atoms with Crippen molar-refractivity contribution in [2.75, 3.05) is 0 Å². The summed E-state index contributed by atoms with van der Waals surface area (Å²) in [6.45, 7) is 4.42. The fraction of sp³-hybridized carbons (Fsp3) is 0.333. The second kappa shape index (κ2) is 3.56. The number of hydrogen-bond donors (Lipinski definition) is 1. The molecule has 2 aromatic carbocycles. The SMILES string of the molecule is CC1(C)C[C@H](O)c2cc(Br)c3ccccc3c21. The van der Waals surface area contributed by atoms with Crippen LogP contribution in [0.4, 0.5) is 0 Å². The quantitative estimate of drug-likeness (QED) is 0.766. The maximum absolute atomic E-state index is 10.2. The first-order valence-electron chi connectivity index (χ1n) is 5.90. The Morgan fingerprint density at radius 3 is 2.59 bits per heavy atom. The lowest BCUT2D eigenvalue weighted by molar-refractivity contribution is 0.161. The molecule has 0 unspecified atom stereocenters. The summed E-state index contributed by atoms with van der Waals surface area (Å²) in [6, 6.07) is 10.5. The van der Waals surface area contributed by atoms with Crippen molar-refractivity contribution >= 4 is 26.7 Å². The highest BCUT2D eigenvalue weighted by Crippen LogP contribution is 2.49. The summed E-state index contributed by atoms with van der Waals surface area (Å²) in [6.07, 6.45) is 0.476. The van der Waals surface area contributed by atoms with Crippen LogP contribution in [0.15, 0.2) is 34.8 Å². The van der Waals surface area contributed by atoms with Crippen LogP contribution in [-0.4, -0.2) is 5.11 Å². The van der Waals surface area contributed by atoms with E-state index < -0.39 is 0 Å². The van der Waals surface area contributed by atoms with E-state index in [0.717, 1.165) is 16.5 Å². The molecule has 0 heterocycles. The zero-order chi connectivity index (χ0) is 12.2. The summed E-state index contributed by atoms with van der Waals surface area (Å²) in [4.78, 5) is 0. The van der Waals surface area contributed by atoms with E-state index >= 15 is 0 Å². The third-order valence-electron chi connectivity index (χ3n) is 3.76. The van der Waals surface area contributed by atoms with E-state index in [0.29, 0.717) is 0 Å². The molecule has 1 aliphatic carbocycles. The first kappa shape index (κ1) is 11.2. The van der Waals surface area contributed by atoms with Crippen molar-refractivity contribution < 1.29 is 5.11 Å². The molecule has 2 aromatic rings. The van der Waals surface area contributed by atoms with Crippen LogP contribution < -0.4 is 0 Å². The molecule has 1 atom stereocenters. The van der Waals surface area contributed by atoms with Gasteiger partial charge in [-0.15, -0.1) is 0 Å². The van der Waals surface area contributed by atoms with Crippen LogP contribution in [0, 0.1) is 0 Å². The van der Waals surface area contributed by atoms with Gasteiger partial charge in [0.15, 0.2) is 0 Å². The number of hydrogen-bond acceptors (Lipinski definition) is 1. The van der Waals surface area contributed by atoms with Gasteiger partial charge in [-0.05, 0) is 39.8 Å². The molecule has 3 rings (SSSR count). The maximum Gasteiger partial charge on any atom is 0.0801 e. The summed E-state index contributed by atoms with van der Waals surface area (Å²) < 4.78 is 1.07. The first-order chi connectivity index (χ1) is 8.00. The number of halogens is 1. The third-order valence-corrected chi connectivity index (χ3v) is 4.42. The first-order valence-corrected chi connectivity index (χ1v) is 6.70. The number of aliphatic hydroxyl groups excluding tert-OH is 1. The van der Waals surface area contributed by atoms with E-state index in [4.69, 9.17) is 0 Å². The van der Waals surface area contributed by atoms with Crippen molar-refractivity contribution in [3.05, 3.63) is 45.9 Å². The van der Waals surface area contributed by atoms with Crippen molar-refractivity contribution in [3.8, 4) is 0 Å². The summed E-state index contributed by atoms with van der Waals surface area (Å²) >= 11 is 3.60. The molecular weight excluding hydrogens is 276 g/mol. The van der Waals surface area contributed by atoms with E-state index in [2.05, 4.69) is 60.1 Å². The summed E-state index contributed by atoms with van der Waals surface area (Å²) in [7, 11) is 0. The lowest BCUT2D eigenvalue weighted by atomic mass is 9.83. The average Bonchev–Trinajstić information content (AvgIpc) is 2.49. The van der Waals surface area contributed by atoms with Crippen LogP contribution in [0.3, 0.4) is 0 Å². The van der Waals surface area contributed by atoms with Gasteiger partial charge in [0.1, 0.15) is 0 Å². The molecule has 0 amide bonds. The standard InChI is InChI=1S/C15H15BrO/c1-15(2)8-13(17)11-7-12(16)9-5-3-4-6-10(9)14(11)15/h3-7,13,17H,8H2,1-2H3/t13-/m0/s1. The van der Waals surface area contributed by atoms with E-state index in [9.17, 15) is 5.11 Å². The molecule has 88 valence electrons. The monoisotopic (exact) mass is 290 g/mol. The average molecular weight is 291 g/mol. The fourth-order valence-electron chi connectivity index (χ4n) is 3.06. The van der Waals surface area contributed by atoms with Gasteiger partial charge in [-0.2, -0.15) is 0 Å². The summed E-state index contributed by atoms with van der Waals surface area (Å²) in [5, 5.41) is 12.7. The molecule has 0 spiro atoms. The molecule has 0 fully saturated rings. The molecule has 0 radical (unpaired) electrons. The van der Waals surface area contributed by atoms with Crippen LogP contribution in [0.2, 0.25) is 0 Å². The molecule has 0 saturated carbocycles. The molecule has 0 bridgehead atoms. The van der Waals surface area contributed by atoms with Gasteiger partial charge < -0.3 is 5.11 Å². The highest BCUT2D eigenvalue weighted by Gasteiger charge is 2.37. The number of benzene rings is 2.